The summed E-state index contributed by atoms with van der Waals surface area (Å²) in [5.41, 5.74) is 1.97. The van der Waals surface area contributed by atoms with E-state index >= 15 is 0 Å². The lowest BCUT2D eigenvalue weighted by Crippen LogP contribution is -2.12. The number of benzene rings is 1. The Morgan fingerprint density at radius 3 is 2.71 bits per heavy atom. The molecule has 2 N–H and O–H groups in total. The number of hydrogen-bond donors (Lipinski definition) is 2. The van der Waals surface area contributed by atoms with Crippen molar-refractivity contribution < 1.29 is 9.52 Å². The number of aromatic nitrogens is 1. The van der Waals surface area contributed by atoms with Crippen molar-refractivity contribution in [2.45, 2.75) is 19.4 Å². The number of phenolic OH excluding ortho intramolecular Hbond substituents is 1. The smallest absolute Gasteiger partial charge is 0.198 e. The van der Waals surface area contributed by atoms with Crippen molar-refractivity contribution in [2.24, 2.45) is 0 Å². The van der Waals surface area contributed by atoms with Crippen LogP contribution in [0.15, 0.2) is 34.9 Å². The van der Waals surface area contributed by atoms with Gasteiger partial charge in [-0.15, -0.1) is 0 Å². The maximum atomic E-state index is 9.18. The third kappa shape index (κ3) is 2.85. The standard InChI is InChI=1S/C13H16N2O2/c1-9(14-2)12-8-17-13(15-12)7-10-3-5-11(16)6-4-10/h3-6,8-9,14,16H,7H2,1-2H3. The van der Waals surface area contributed by atoms with Crippen LogP contribution in [0.1, 0.15) is 30.1 Å². The maximum Gasteiger partial charge on any atom is 0.198 e. The summed E-state index contributed by atoms with van der Waals surface area (Å²) in [6, 6.07) is 7.24. The molecule has 0 bridgehead atoms. The molecule has 0 fully saturated rings. The Bertz CT molecular complexity index is 476. The van der Waals surface area contributed by atoms with Crippen molar-refractivity contribution in [3.63, 3.8) is 0 Å². The van der Waals surface area contributed by atoms with Crippen LogP contribution in [0.2, 0.25) is 0 Å². The third-order valence-corrected chi connectivity index (χ3v) is 2.74. The number of rotatable bonds is 4. The molecule has 0 amide bonds. The van der Waals surface area contributed by atoms with E-state index in [4.69, 9.17) is 4.42 Å². The van der Waals surface area contributed by atoms with Crippen LogP contribution in [0.5, 0.6) is 5.75 Å². The molecule has 0 saturated carbocycles. The summed E-state index contributed by atoms with van der Waals surface area (Å²) in [7, 11) is 1.89. The van der Waals surface area contributed by atoms with Gasteiger partial charge in [0, 0.05) is 12.5 Å². The molecule has 0 aliphatic carbocycles. The van der Waals surface area contributed by atoms with Crippen LogP contribution in [0.3, 0.4) is 0 Å². The first-order valence-electron chi connectivity index (χ1n) is 5.58. The minimum atomic E-state index is 0.187. The Labute approximate surface area is 100 Å². The topological polar surface area (TPSA) is 58.3 Å². The normalized spacial score (nSPS) is 12.6. The zero-order chi connectivity index (χ0) is 12.3. The highest BCUT2D eigenvalue weighted by Gasteiger charge is 2.09. The second-order valence-electron chi connectivity index (χ2n) is 4.02. The molecule has 4 nitrogen and oxygen atoms in total. The van der Waals surface area contributed by atoms with E-state index in [1.807, 2.05) is 26.1 Å². The van der Waals surface area contributed by atoms with Crippen molar-refractivity contribution in [1.29, 1.82) is 0 Å². The van der Waals surface area contributed by atoms with Gasteiger partial charge in [0.2, 0.25) is 0 Å². The van der Waals surface area contributed by atoms with Crippen molar-refractivity contribution in [3.8, 4) is 5.75 Å². The van der Waals surface area contributed by atoms with Gasteiger partial charge in [-0.3, -0.25) is 0 Å². The predicted molar refractivity (Wildman–Crippen MR) is 64.9 cm³/mol. The van der Waals surface area contributed by atoms with Crippen LogP contribution in [0.4, 0.5) is 0 Å². The van der Waals surface area contributed by atoms with Crippen LogP contribution in [0.25, 0.3) is 0 Å². The Morgan fingerprint density at radius 2 is 2.06 bits per heavy atom. The van der Waals surface area contributed by atoms with Gasteiger partial charge in [0.05, 0.1) is 5.69 Å². The second-order valence-corrected chi connectivity index (χ2v) is 4.02. The lowest BCUT2D eigenvalue weighted by Gasteiger charge is -2.03. The predicted octanol–water partition coefficient (Wildman–Crippen LogP) is 2.25. The molecule has 17 heavy (non-hydrogen) atoms. The van der Waals surface area contributed by atoms with Gasteiger partial charge in [-0.05, 0) is 31.7 Å². The number of aromatic hydroxyl groups is 1. The molecule has 2 rings (SSSR count). The van der Waals surface area contributed by atoms with Gasteiger partial charge in [0.15, 0.2) is 5.89 Å². The van der Waals surface area contributed by atoms with Crippen LogP contribution >= 0.6 is 0 Å². The summed E-state index contributed by atoms with van der Waals surface area (Å²) in [6.07, 6.45) is 2.31. The molecule has 0 saturated heterocycles. The molecular weight excluding hydrogens is 216 g/mol. The van der Waals surface area contributed by atoms with Crippen LogP contribution < -0.4 is 5.32 Å². The van der Waals surface area contributed by atoms with E-state index in [0.717, 1.165) is 11.3 Å². The fourth-order valence-corrected chi connectivity index (χ4v) is 1.54. The Hall–Kier alpha value is -1.81. The van der Waals surface area contributed by atoms with Gasteiger partial charge in [0.25, 0.3) is 0 Å². The molecule has 1 heterocycles. The lowest BCUT2D eigenvalue weighted by atomic mass is 10.1. The molecular formula is C13H16N2O2. The monoisotopic (exact) mass is 232 g/mol. The van der Waals surface area contributed by atoms with Crippen molar-refractivity contribution in [2.75, 3.05) is 7.05 Å². The fraction of sp³-hybridized carbons (Fsp3) is 0.308. The minimum absolute atomic E-state index is 0.187. The Balaban J connectivity index is 2.08. The average Bonchev–Trinajstić information content (AvgIpc) is 2.80. The number of nitrogens with zero attached hydrogens (tertiary/aromatic N) is 1. The first-order chi connectivity index (χ1) is 8.19. The fourth-order valence-electron chi connectivity index (χ4n) is 1.54. The van der Waals surface area contributed by atoms with E-state index in [9.17, 15) is 5.11 Å². The highest BCUT2D eigenvalue weighted by atomic mass is 16.3. The van der Waals surface area contributed by atoms with Gasteiger partial charge < -0.3 is 14.8 Å². The summed E-state index contributed by atoms with van der Waals surface area (Å²) >= 11 is 0. The van der Waals surface area contributed by atoms with Gasteiger partial charge in [0.1, 0.15) is 12.0 Å². The zero-order valence-corrected chi connectivity index (χ0v) is 9.97. The molecule has 0 radical (unpaired) electrons. The number of phenols is 1. The molecule has 90 valence electrons. The number of oxazole rings is 1. The zero-order valence-electron chi connectivity index (χ0n) is 9.97. The summed E-state index contributed by atoms with van der Waals surface area (Å²) in [5.74, 6) is 0.957. The summed E-state index contributed by atoms with van der Waals surface area (Å²) in [6.45, 7) is 2.03. The Kier molecular flexibility index (Phi) is 3.44. The first-order valence-corrected chi connectivity index (χ1v) is 5.58. The van der Waals surface area contributed by atoms with Gasteiger partial charge in [-0.1, -0.05) is 12.1 Å². The van der Waals surface area contributed by atoms with E-state index in [1.54, 1.807) is 18.4 Å². The summed E-state index contributed by atoms with van der Waals surface area (Å²) < 4.78 is 5.41. The van der Waals surface area contributed by atoms with Crippen molar-refractivity contribution in [3.05, 3.63) is 47.7 Å². The SMILES string of the molecule is CNC(C)c1coc(Cc2ccc(O)cc2)n1. The molecule has 0 spiro atoms. The van der Waals surface area contributed by atoms with Crippen LogP contribution in [-0.4, -0.2) is 17.1 Å². The second kappa shape index (κ2) is 5.01. The molecule has 2 aromatic rings. The molecule has 1 unspecified atom stereocenters. The lowest BCUT2D eigenvalue weighted by molar-refractivity contribution is 0.474. The molecule has 1 aromatic carbocycles. The van der Waals surface area contributed by atoms with Gasteiger partial charge >= 0.3 is 0 Å². The Morgan fingerprint density at radius 1 is 1.35 bits per heavy atom. The highest BCUT2D eigenvalue weighted by Crippen LogP contribution is 2.16. The van der Waals surface area contributed by atoms with E-state index < -0.39 is 0 Å². The van der Waals surface area contributed by atoms with E-state index in [0.29, 0.717) is 12.3 Å². The van der Waals surface area contributed by atoms with E-state index in [-0.39, 0.29) is 11.8 Å². The van der Waals surface area contributed by atoms with E-state index in [1.165, 1.54) is 0 Å². The van der Waals surface area contributed by atoms with Gasteiger partial charge in [-0.25, -0.2) is 4.98 Å². The molecule has 0 aliphatic rings. The molecule has 1 aromatic heterocycles. The highest BCUT2D eigenvalue weighted by molar-refractivity contribution is 5.27. The first kappa shape index (κ1) is 11.7. The van der Waals surface area contributed by atoms with Crippen molar-refractivity contribution >= 4 is 0 Å². The largest absolute Gasteiger partial charge is 0.508 e. The number of nitrogens with one attached hydrogen (secondary N) is 1. The number of hydrogen-bond acceptors (Lipinski definition) is 4. The van der Waals surface area contributed by atoms with Crippen LogP contribution in [-0.2, 0) is 6.42 Å². The average molecular weight is 232 g/mol. The molecule has 0 aliphatic heterocycles. The quantitative estimate of drug-likeness (QED) is 0.848. The van der Waals surface area contributed by atoms with Crippen molar-refractivity contribution in [1.82, 2.24) is 10.3 Å². The minimum Gasteiger partial charge on any atom is -0.508 e. The summed E-state index contributed by atoms with van der Waals surface area (Å²) in [4.78, 5) is 4.41. The third-order valence-electron chi connectivity index (χ3n) is 2.74. The van der Waals surface area contributed by atoms with E-state index in [2.05, 4.69) is 10.3 Å². The van der Waals surface area contributed by atoms with Crippen LogP contribution in [0, 0.1) is 0 Å². The molecule has 1 atom stereocenters. The van der Waals surface area contributed by atoms with Gasteiger partial charge in [-0.2, -0.15) is 0 Å². The molecule has 4 heteroatoms. The summed E-state index contributed by atoms with van der Waals surface area (Å²) in [5, 5.41) is 12.3. The maximum absolute atomic E-state index is 9.18.